The molecule has 29 heavy (non-hydrogen) atoms. The number of benzene rings is 2. The Morgan fingerprint density at radius 3 is 2.45 bits per heavy atom. The lowest BCUT2D eigenvalue weighted by atomic mass is 10.1. The van der Waals surface area contributed by atoms with Gasteiger partial charge in [0, 0.05) is 40.1 Å². The van der Waals surface area contributed by atoms with E-state index in [1.807, 2.05) is 0 Å². The molecule has 1 atom stereocenters. The van der Waals surface area contributed by atoms with E-state index in [0.29, 0.717) is 15.7 Å². The third kappa shape index (κ3) is 6.31. The average Bonchev–Trinajstić information content (AvgIpc) is 2.65. The van der Waals surface area contributed by atoms with E-state index in [2.05, 4.69) is 10.6 Å². The zero-order chi connectivity index (χ0) is 21.6. The summed E-state index contributed by atoms with van der Waals surface area (Å²) in [6, 6.07) is 7.99. The number of carbonyl (C=O) groups excluding carboxylic acids is 2. The van der Waals surface area contributed by atoms with Gasteiger partial charge in [0.1, 0.15) is 0 Å². The van der Waals surface area contributed by atoms with Gasteiger partial charge in [0.2, 0.25) is 0 Å². The minimum atomic E-state index is -1.22. The predicted octanol–water partition coefficient (Wildman–Crippen LogP) is 3.49. The first kappa shape index (κ1) is 22.4. The molecule has 0 saturated carbocycles. The number of hydrogen-bond acceptors (Lipinski definition) is 7. The highest BCUT2D eigenvalue weighted by Gasteiger charge is 2.23. The second-order valence-corrected chi connectivity index (χ2v) is 6.71. The molecule has 0 aliphatic heterocycles. The summed E-state index contributed by atoms with van der Waals surface area (Å²) >= 11 is 11.8. The Labute approximate surface area is 175 Å². The Hall–Kier alpha value is -2.88. The molecule has 0 aliphatic rings. The summed E-state index contributed by atoms with van der Waals surface area (Å²) < 4.78 is 5.14. The Balaban J connectivity index is 2.15. The van der Waals surface area contributed by atoms with Crippen LogP contribution in [0.4, 0.5) is 17.1 Å². The summed E-state index contributed by atoms with van der Waals surface area (Å²) in [6.07, 6.45) is -1.22. The van der Waals surface area contributed by atoms with E-state index in [-0.39, 0.29) is 30.1 Å². The van der Waals surface area contributed by atoms with Crippen molar-refractivity contribution >= 4 is 52.1 Å². The van der Waals surface area contributed by atoms with Crippen LogP contribution in [0.25, 0.3) is 0 Å². The molecule has 0 aromatic heterocycles. The number of hydrogen-bond donors (Lipinski definition) is 3. The molecule has 1 unspecified atom stereocenters. The number of carbonyl (C=O) groups is 2. The lowest BCUT2D eigenvalue weighted by Crippen LogP contribution is -2.30. The fraction of sp³-hybridized carbons (Fsp3) is 0.222. The topological polar surface area (TPSA) is 131 Å². The summed E-state index contributed by atoms with van der Waals surface area (Å²) in [5, 5.41) is 25.8. The predicted molar refractivity (Wildman–Crippen MR) is 109 cm³/mol. The molecule has 0 radical (unpaired) electrons. The molecule has 11 heteroatoms. The quantitative estimate of drug-likeness (QED) is 0.324. The maximum atomic E-state index is 12.5. The third-order valence-corrected chi connectivity index (χ3v) is 4.08. The highest BCUT2D eigenvalue weighted by molar-refractivity contribution is 6.35. The van der Waals surface area contributed by atoms with E-state index >= 15 is 0 Å². The number of halogens is 2. The van der Waals surface area contributed by atoms with Crippen LogP contribution in [-0.4, -0.2) is 41.2 Å². The van der Waals surface area contributed by atoms with Crippen molar-refractivity contribution in [1.82, 2.24) is 0 Å². The summed E-state index contributed by atoms with van der Waals surface area (Å²) in [5.41, 5.74) is 0.0789. The van der Waals surface area contributed by atoms with Crippen LogP contribution < -0.4 is 10.6 Å². The van der Waals surface area contributed by atoms with Crippen molar-refractivity contribution in [3.8, 4) is 0 Å². The minimum absolute atomic E-state index is 0.115. The molecular weight excluding hydrogens is 425 g/mol. The van der Waals surface area contributed by atoms with E-state index in [4.69, 9.17) is 33.0 Å². The first-order chi connectivity index (χ1) is 13.7. The van der Waals surface area contributed by atoms with E-state index < -0.39 is 22.9 Å². The highest BCUT2D eigenvalue weighted by atomic mass is 35.5. The molecule has 2 rings (SSSR count). The van der Waals surface area contributed by atoms with Crippen LogP contribution >= 0.6 is 23.2 Å². The molecule has 0 spiro atoms. The van der Waals surface area contributed by atoms with Crippen molar-refractivity contribution in [2.45, 2.75) is 13.0 Å². The SMILES string of the molecule is CC(OC(=O)c1cc([N+](=O)[O-])ccc1NCCO)C(=O)Nc1cc(Cl)cc(Cl)c1. The zero-order valence-corrected chi connectivity index (χ0v) is 16.7. The Morgan fingerprint density at radius 2 is 1.86 bits per heavy atom. The largest absolute Gasteiger partial charge is 0.449 e. The molecule has 2 aromatic rings. The van der Waals surface area contributed by atoms with Gasteiger partial charge in [-0.2, -0.15) is 0 Å². The molecule has 9 nitrogen and oxygen atoms in total. The average molecular weight is 442 g/mol. The number of aliphatic hydroxyl groups is 1. The van der Waals surface area contributed by atoms with Crippen molar-refractivity contribution in [1.29, 1.82) is 0 Å². The summed E-state index contributed by atoms with van der Waals surface area (Å²) in [5.74, 6) is -1.59. The maximum absolute atomic E-state index is 12.5. The first-order valence-corrected chi connectivity index (χ1v) is 9.08. The van der Waals surface area contributed by atoms with Gasteiger partial charge in [0.15, 0.2) is 6.10 Å². The van der Waals surface area contributed by atoms with Gasteiger partial charge >= 0.3 is 5.97 Å². The second-order valence-electron chi connectivity index (χ2n) is 5.83. The van der Waals surface area contributed by atoms with Crippen LogP contribution in [0.5, 0.6) is 0 Å². The number of non-ortho nitro benzene ring substituents is 1. The van der Waals surface area contributed by atoms with Crippen LogP contribution in [0.15, 0.2) is 36.4 Å². The van der Waals surface area contributed by atoms with Crippen LogP contribution in [-0.2, 0) is 9.53 Å². The first-order valence-electron chi connectivity index (χ1n) is 8.32. The lowest BCUT2D eigenvalue weighted by molar-refractivity contribution is -0.384. The van der Waals surface area contributed by atoms with Gasteiger partial charge in [0.25, 0.3) is 11.6 Å². The highest BCUT2D eigenvalue weighted by Crippen LogP contribution is 2.25. The summed E-state index contributed by atoms with van der Waals surface area (Å²) in [7, 11) is 0. The van der Waals surface area contributed by atoms with Gasteiger partial charge in [-0.1, -0.05) is 23.2 Å². The molecule has 1 amide bonds. The molecule has 2 aromatic carbocycles. The zero-order valence-electron chi connectivity index (χ0n) is 15.1. The molecule has 3 N–H and O–H groups in total. The maximum Gasteiger partial charge on any atom is 0.341 e. The number of nitro groups is 1. The van der Waals surface area contributed by atoms with Crippen molar-refractivity contribution in [3.63, 3.8) is 0 Å². The Kier molecular flexibility index (Phi) is 7.77. The van der Waals surface area contributed by atoms with E-state index in [1.54, 1.807) is 0 Å². The van der Waals surface area contributed by atoms with Crippen LogP contribution in [0.1, 0.15) is 17.3 Å². The lowest BCUT2D eigenvalue weighted by Gasteiger charge is -2.16. The van der Waals surface area contributed by atoms with Crippen molar-refractivity contribution < 1.29 is 24.4 Å². The molecule has 0 bridgehead atoms. The number of anilines is 2. The van der Waals surface area contributed by atoms with Crippen molar-refractivity contribution in [3.05, 3.63) is 62.1 Å². The van der Waals surface area contributed by atoms with E-state index in [0.717, 1.165) is 6.07 Å². The van der Waals surface area contributed by atoms with Gasteiger partial charge in [0.05, 0.1) is 17.1 Å². The number of amides is 1. The molecule has 0 heterocycles. The number of aliphatic hydroxyl groups excluding tert-OH is 1. The number of nitro benzene ring substituents is 1. The molecule has 0 aliphatic carbocycles. The molecule has 0 saturated heterocycles. The van der Waals surface area contributed by atoms with E-state index in [9.17, 15) is 19.7 Å². The minimum Gasteiger partial charge on any atom is -0.449 e. The standard InChI is InChI=1S/C18H17Cl2N3O6/c1-10(17(25)22-13-7-11(19)6-12(20)8-13)29-18(26)15-9-14(23(27)28)2-3-16(15)21-4-5-24/h2-3,6-10,21,24H,4-5H2,1H3,(H,22,25). The van der Waals surface area contributed by atoms with E-state index in [1.165, 1.54) is 37.3 Å². The van der Waals surface area contributed by atoms with Gasteiger partial charge in [-0.15, -0.1) is 0 Å². The van der Waals surface area contributed by atoms with Gasteiger partial charge in [-0.05, 0) is 31.2 Å². The summed E-state index contributed by atoms with van der Waals surface area (Å²) in [6.45, 7) is 1.24. The number of rotatable bonds is 8. The Bertz CT molecular complexity index is 918. The normalized spacial score (nSPS) is 11.4. The fourth-order valence-electron chi connectivity index (χ4n) is 2.31. The van der Waals surface area contributed by atoms with Crippen LogP contribution in [0, 0.1) is 10.1 Å². The second kappa shape index (κ2) is 10.1. The monoisotopic (exact) mass is 441 g/mol. The number of ether oxygens (including phenoxy) is 1. The Morgan fingerprint density at radius 1 is 1.21 bits per heavy atom. The summed E-state index contributed by atoms with van der Waals surface area (Å²) in [4.78, 5) is 35.1. The fourth-order valence-corrected chi connectivity index (χ4v) is 2.83. The molecular formula is C18H17Cl2N3O6. The van der Waals surface area contributed by atoms with Crippen LogP contribution in [0.3, 0.4) is 0 Å². The smallest absolute Gasteiger partial charge is 0.341 e. The number of nitrogens with one attached hydrogen (secondary N) is 2. The van der Waals surface area contributed by atoms with Crippen molar-refractivity contribution in [2.24, 2.45) is 0 Å². The van der Waals surface area contributed by atoms with Gasteiger partial charge in [-0.25, -0.2) is 4.79 Å². The third-order valence-electron chi connectivity index (χ3n) is 3.64. The van der Waals surface area contributed by atoms with Gasteiger partial charge < -0.3 is 20.5 Å². The van der Waals surface area contributed by atoms with Gasteiger partial charge in [-0.3, -0.25) is 14.9 Å². The number of nitrogens with zero attached hydrogens (tertiary/aromatic N) is 1. The molecule has 154 valence electrons. The van der Waals surface area contributed by atoms with Crippen molar-refractivity contribution in [2.75, 3.05) is 23.8 Å². The van der Waals surface area contributed by atoms with Crippen LogP contribution in [0.2, 0.25) is 10.0 Å². The molecule has 0 fully saturated rings. The number of esters is 1.